The highest BCUT2D eigenvalue weighted by Gasteiger charge is 2.60. The molecule has 0 unspecified atom stereocenters. The number of esters is 1. The van der Waals surface area contributed by atoms with Crippen LogP contribution in [-0.2, 0) is 21.4 Å². The first kappa shape index (κ1) is 15.0. The topological polar surface area (TPSA) is 66.8 Å². The number of carbonyl (C=O) groups excluding carboxylic acids is 1. The first-order chi connectivity index (χ1) is 10.0. The zero-order chi connectivity index (χ0) is 15.2. The van der Waals surface area contributed by atoms with Gasteiger partial charge >= 0.3 is 5.97 Å². The molecule has 1 saturated carbocycles. The first-order valence-corrected chi connectivity index (χ1v) is 8.13. The van der Waals surface area contributed by atoms with E-state index in [1.165, 1.54) is 0 Å². The number of aliphatic hydroxyl groups excluding tert-OH is 2. The maximum Gasteiger partial charge on any atom is 0.319 e. The molecule has 4 nitrogen and oxygen atoms in total. The van der Waals surface area contributed by atoms with Gasteiger partial charge in [-0.2, -0.15) is 0 Å². The van der Waals surface area contributed by atoms with Crippen LogP contribution in [0.5, 0.6) is 0 Å². The number of carbonyl (C=O) groups is 1. The number of rotatable bonds is 2. The van der Waals surface area contributed by atoms with E-state index in [2.05, 4.69) is 15.9 Å². The number of hydrogen-bond acceptors (Lipinski definition) is 4. The molecule has 3 rings (SSSR count). The maximum absolute atomic E-state index is 12.7. The molecule has 2 N–H and O–H groups in total. The average molecular weight is 355 g/mol. The molecule has 1 fully saturated rings. The van der Waals surface area contributed by atoms with E-state index >= 15 is 0 Å². The van der Waals surface area contributed by atoms with Crippen LogP contribution >= 0.6 is 15.9 Å². The molecule has 114 valence electrons. The smallest absolute Gasteiger partial charge is 0.319 e. The van der Waals surface area contributed by atoms with Crippen LogP contribution < -0.4 is 0 Å². The molecule has 0 heterocycles. The normalized spacial score (nSPS) is 34.2. The van der Waals surface area contributed by atoms with Crippen molar-refractivity contribution in [3.05, 3.63) is 33.8 Å². The quantitative estimate of drug-likeness (QED) is 0.796. The molecule has 0 radical (unpaired) electrons. The lowest BCUT2D eigenvalue weighted by Crippen LogP contribution is -2.45. The monoisotopic (exact) mass is 354 g/mol. The minimum absolute atomic E-state index is 0.223. The van der Waals surface area contributed by atoms with Crippen LogP contribution in [0.2, 0.25) is 0 Å². The standard InChI is InChI=1S/C16H19BrO4/c1-2-21-15(20)16-8-13(18)10(14(16)19)7-6-9-11(16)4-3-5-12(9)17/h3-5,10,13-14,18-19H,2,6-8H2,1H3/t10-,13-,14-,16+/m0/s1. The third kappa shape index (κ3) is 2.05. The third-order valence-corrected chi connectivity index (χ3v) is 5.65. The van der Waals surface area contributed by atoms with Crippen molar-refractivity contribution in [1.29, 1.82) is 0 Å². The molecule has 0 aromatic heterocycles. The second kappa shape index (κ2) is 5.38. The summed E-state index contributed by atoms with van der Waals surface area (Å²) in [7, 11) is 0. The molecule has 1 aromatic rings. The third-order valence-electron chi connectivity index (χ3n) is 4.90. The summed E-state index contributed by atoms with van der Waals surface area (Å²) in [5.74, 6) is -0.714. The Morgan fingerprint density at radius 3 is 2.95 bits per heavy atom. The second-order valence-corrected chi connectivity index (χ2v) is 6.73. The van der Waals surface area contributed by atoms with E-state index < -0.39 is 23.6 Å². The fraction of sp³-hybridized carbons (Fsp3) is 0.562. The minimum Gasteiger partial charge on any atom is -0.465 e. The molecule has 1 aromatic carbocycles. The molecule has 0 aliphatic heterocycles. The Morgan fingerprint density at radius 2 is 2.24 bits per heavy atom. The number of benzene rings is 1. The van der Waals surface area contributed by atoms with Gasteiger partial charge in [0.05, 0.1) is 18.8 Å². The first-order valence-electron chi connectivity index (χ1n) is 7.33. The van der Waals surface area contributed by atoms with Crippen molar-refractivity contribution in [2.24, 2.45) is 5.92 Å². The summed E-state index contributed by atoms with van der Waals surface area (Å²) in [6.07, 6.45) is 0.0512. The largest absolute Gasteiger partial charge is 0.465 e. The molecule has 4 atom stereocenters. The van der Waals surface area contributed by atoms with Gasteiger partial charge in [0.2, 0.25) is 0 Å². The Morgan fingerprint density at radius 1 is 1.48 bits per heavy atom. The molecule has 21 heavy (non-hydrogen) atoms. The average Bonchev–Trinajstić information content (AvgIpc) is 2.61. The van der Waals surface area contributed by atoms with Gasteiger partial charge < -0.3 is 14.9 Å². The maximum atomic E-state index is 12.7. The Balaban J connectivity index is 2.21. The fourth-order valence-electron chi connectivity index (χ4n) is 3.91. The van der Waals surface area contributed by atoms with Crippen LogP contribution in [0, 0.1) is 5.92 Å². The Hall–Kier alpha value is -0.910. The van der Waals surface area contributed by atoms with Crippen molar-refractivity contribution in [2.45, 2.75) is 43.8 Å². The van der Waals surface area contributed by atoms with Gasteiger partial charge in [0.15, 0.2) is 0 Å². The molecule has 0 spiro atoms. The van der Waals surface area contributed by atoms with Gasteiger partial charge in [0.25, 0.3) is 0 Å². The number of hydrogen-bond donors (Lipinski definition) is 2. The van der Waals surface area contributed by atoms with E-state index in [-0.39, 0.29) is 18.9 Å². The molecule has 2 aliphatic carbocycles. The predicted molar refractivity (Wildman–Crippen MR) is 80.9 cm³/mol. The molecule has 5 heteroatoms. The van der Waals surface area contributed by atoms with Crippen LogP contribution in [0.15, 0.2) is 22.7 Å². The van der Waals surface area contributed by atoms with Crippen LogP contribution in [0.3, 0.4) is 0 Å². The van der Waals surface area contributed by atoms with Crippen molar-refractivity contribution in [2.75, 3.05) is 6.61 Å². The second-order valence-electron chi connectivity index (χ2n) is 5.88. The van der Waals surface area contributed by atoms with E-state index in [0.29, 0.717) is 6.42 Å². The molecule has 2 bridgehead atoms. The molecule has 0 saturated heterocycles. The van der Waals surface area contributed by atoms with Gasteiger partial charge in [-0.05, 0) is 43.4 Å². The van der Waals surface area contributed by atoms with Gasteiger partial charge in [-0.15, -0.1) is 0 Å². The molecular weight excluding hydrogens is 336 g/mol. The van der Waals surface area contributed by atoms with E-state index in [4.69, 9.17) is 4.74 Å². The number of halogens is 1. The summed E-state index contributed by atoms with van der Waals surface area (Å²) in [6.45, 7) is 2.01. The Labute approximate surface area is 132 Å². The van der Waals surface area contributed by atoms with Gasteiger partial charge in [-0.25, -0.2) is 0 Å². The summed E-state index contributed by atoms with van der Waals surface area (Å²) in [4.78, 5) is 12.7. The van der Waals surface area contributed by atoms with E-state index in [9.17, 15) is 15.0 Å². The van der Waals surface area contributed by atoms with Gasteiger partial charge in [-0.1, -0.05) is 28.1 Å². The number of fused-ring (bicyclic) bond motifs is 4. The predicted octanol–water partition coefficient (Wildman–Crippen LogP) is 1.94. The summed E-state index contributed by atoms with van der Waals surface area (Å²) in [5, 5.41) is 21.1. The van der Waals surface area contributed by atoms with Crippen LogP contribution in [0.1, 0.15) is 30.9 Å². The highest BCUT2D eigenvalue weighted by Crippen LogP contribution is 2.51. The fourth-order valence-corrected chi connectivity index (χ4v) is 4.48. The number of aliphatic hydroxyl groups is 2. The van der Waals surface area contributed by atoms with Crippen molar-refractivity contribution in [3.8, 4) is 0 Å². The van der Waals surface area contributed by atoms with Gasteiger partial charge in [-0.3, -0.25) is 4.79 Å². The minimum atomic E-state index is -1.14. The summed E-state index contributed by atoms with van der Waals surface area (Å²) in [5.41, 5.74) is 0.691. The van der Waals surface area contributed by atoms with Crippen LogP contribution in [-0.4, -0.2) is 35.0 Å². The zero-order valence-corrected chi connectivity index (χ0v) is 13.5. The lowest BCUT2D eigenvalue weighted by atomic mass is 9.75. The highest BCUT2D eigenvalue weighted by molar-refractivity contribution is 9.10. The highest BCUT2D eigenvalue weighted by atomic mass is 79.9. The molecule has 2 aliphatic rings. The van der Waals surface area contributed by atoms with Crippen LogP contribution in [0.25, 0.3) is 0 Å². The summed E-state index contributed by atoms with van der Waals surface area (Å²) in [6, 6.07) is 5.68. The van der Waals surface area contributed by atoms with Gasteiger partial charge in [0.1, 0.15) is 5.41 Å². The molecular formula is C16H19BrO4. The van der Waals surface area contributed by atoms with Crippen molar-refractivity contribution >= 4 is 21.9 Å². The van der Waals surface area contributed by atoms with E-state index in [0.717, 1.165) is 22.0 Å². The Kier molecular flexibility index (Phi) is 3.84. The summed E-state index contributed by atoms with van der Waals surface area (Å²) < 4.78 is 6.19. The van der Waals surface area contributed by atoms with Crippen molar-refractivity contribution in [3.63, 3.8) is 0 Å². The van der Waals surface area contributed by atoms with Crippen LogP contribution in [0.4, 0.5) is 0 Å². The van der Waals surface area contributed by atoms with Crippen molar-refractivity contribution in [1.82, 2.24) is 0 Å². The zero-order valence-electron chi connectivity index (χ0n) is 11.9. The van der Waals surface area contributed by atoms with Crippen molar-refractivity contribution < 1.29 is 19.7 Å². The van der Waals surface area contributed by atoms with E-state index in [1.807, 2.05) is 18.2 Å². The molecule has 0 amide bonds. The lowest BCUT2D eigenvalue weighted by Gasteiger charge is -2.32. The van der Waals surface area contributed by atoms with Gasteiger partial charge in [0, 0.05) is 10.4 Å². The SMILES string of the molecule is CCOC(=O)[C@]12C[C@H](O)[C@H](CCc3c(Br)cccc31)[C@@H]2O. The summed E-state index contributed by atoms with van der Waals surface area (Å²) >= 11 is 3.54. The number of ether oxygens (including phenoxy) is 1. The van der Waals surface area contributed by atoms with E-state index in [1.54, 1.807) is 6.92 Å². The Bertz CT molecular complexity index is 573. The lowest BCUT2D eigenvalue weighted by molar-refractivity contribution is -0.154.